The van der Waals surface area contributed by atoms with Gasteiger partial charge in [-0.25, -0.2) is 4.79 Å². The minimum atomic E-state index is -4.40. The molecule has 1 aliphatic heterocycles. The number of alkyl halides is 3. The number of amides is 2. The number of urea groups is 1. The Hall–Kier alpha value is -1.72. The van der Waals surface area contributed by atoms with Gasteiger partial charge in [0.25, 0.3) is 0 Å². The van der Waals surface area contributed by atoms with E-state index in [9.17, 15) is 18.0 Å². The van der Waals surface area contributed by atoms with Crippen LogP contribution in [0.1, 0.15) is 25.3 Å². The molecular weight excluding hydrogens is 269 g/mol. The van der Waals surface area contributed by atoms with Gasteiger partial charge in [-0.2, -0.15) is 13.2 Å². The molecule has 1 N–H and O–H groups in total. The number of likely N-dealkylation sites (tertiary alicyclic amines) is 1. The van der Waals surface area contributed by atoms with Crippen molar-refractivity contribution < 1.29 is 18.0 Å². The predicted molar refractivity (Wildman–Crippen MR) is 70.4 cm³/mol. The van der Waals surface area contributed by atoms with E-state index in [0.29, 0.717) is 19.0 Å². The molecule has 0 radical (unpaired) electrons. The van der Waals surface area contributed by atoms with Crippen LogP contribution in [-0.2, 0) is 6.18 Å². The highest BCUT2D eigenvalue weighted by atomic mass is 19.4. The average Bonchev–Trinajstić information content (AvgIpc) is 2.38. The van der Waals surface area contributed by atoms with E-state index in [1.807, 2.05) is 0 Å². The van der Waals surface area contributed by atoms with Crippen LogP contribution < -0.4 is 5.32 Å². The molecule has 0 unspecified atom stereocenters. The highest BCUT2D eigenvalue weighted by Crippen LogP contribution is 2.30. The number of halogens is 3. The molecule has 1 saturated heterocycles. The molecule has 2 rings (SSSR count). The lowest BCUT2D eigenvalue weighted by Gasteiger charge is -2.31. The number of carbonyl (C=O) groups is 1. The van der Waals surface area contributed by atoms with Crippen molar-refractivity contribution in [2.45, 2.75) is 25.9 Å². The minimum absolute atomic E-state index is 0.169. The Balaban J connectivity index is 2.04. The summed E-state index contributed by atoms with van der Waals surface area (Å²) < 4.78 is 37.8. The lowest BCUT2D eigenvalue weighted by atomic mass is 10.0. The molecule has 110 valence electrons. The van der Waals surface area contributed by atoms with E-state index in [1.165, 1.54) is 12.1 Å². The molecule has 0 spiro atoms. The van der Waals surface area contributed by atoms with Gasteiger partial charge < -0.3 is 10.2 Å². The zero-order valence-corrected chi connectivity index (χ0v) is 11.2. The molecular formula is C14H17F3N2O. The first-order chi connectivity index (χ1) is 9.36. The lowest BCUT2D eigenvalue weighted by Crippen LogP contribution is -2.41. The van der Waals surface area contributed by atoms with Crippen molar-refractivity contribution in [2.75, 3.05) is 18.4 Å². The fourth-order valence-electron chi connectivity index (χ4n) is 2.35. The van der Waals surface area contributed by atoms with Crippen LogP contribution in [0.4, 0.5) is 23.7 Å². The smallest absolute Gasteiger partial charge is 0.324 e. The zero-order valence-electron chi connectivity index (χ0n) is 11.2. The van der Waals surface area contributed by atoms with Crippen molar-refractivity contribution in [3.63, 3.8) is 0 Å². The van der Waals surface area contributed by atoms with Crippen molar-refractivity contribution in [1.29, 1.82) is 0 Å². The van der Waals surface area contributed by atoms with E-state index in [0.717, 1.165) is 25.0 Å². The van der Waals surface area contributed by atoms with Gasteiger partial charge in [0.15, 0.2) is 0 Å². The highest BCUT2D eigenvalue weighted by Gasteiger charge is 2.30. The van der Waals surface area contributed by atoms with E-state index in [1.54, 1.807) is 4.90 Å². The van der Waals surface area contributed by atoms with Crippen molar-refractivity contribution in [1.82, 2.24) is 4.90 Å². The molecule has 1 fully saturated rings. The van der Waals surface area contributed by atoms with Crippen LogP contribution >= 0.6 is 0 Å². The Morgan fingerprint density at radius 3 is 2.80 bits per heavy atom. The van der Waals surface area contributed by atoms with Crippen molar-refractivity contribution >= 4 is 11.7 Å². The number of piperidine rings is 1. The number of nitrogens with zero attached hydrogens (tertiary/aromatic N) is 1. The van der Waals surface area contributed by atoms with Crippen LogP contribution in [-0.4, -0.2) is 24.0 Å². The third-order valence-corrected chi connectivity index (χ3v) is 3.39. The van der Waals surface area contributed by atoms with Gasteiger partial charge in [-0.3, -0.25) is 0 Å². The maximum atomic E-state index is 12.6. The topological polar surface area (TPSA) is 32.3 Å². The summed E-state index contributed by atoms with van der Waals surface area (Å²) in [4.78, 5) is 13.7. The summed E-state index contributed by atoms with van der Waals surface area (Å²) in [6.07, 6.45) is -2.40. The zero-order chi connectivity index (χ0) is 14.8. The maximum Gasteiger partial charge on any atom is 0.416 e. The number of carbonyl (C=O) groups excluding carboxylic acids is 1. The molecule has 2 amide bonds. The second kappa shape index (κ2) is 5.73. The van der Waals surface area contributed by atoms with Gasteiger partial charge in [0, 0.05) is 18.8 Å². The Labute approximate surface area is 115 Å². The van der Waals surface area contributed by atoms with Gasteiger partial charge in [0.1, 0.15) is 0 Å². The number of hydrogen-bond donors (Lipinski definition) is 1. The molecule has 0 bridgehead atoms. The summed E-state index contributed by atoms with van der Waals surface area (Å²) in [7, 11) is 0. The summed E-state index contributed by atoms with van der Waals surface area (Å²) in [6.45, 7) is 3.35. The highest BCUT2D eigenvalue weighted by molar-refractivity contribution is 5.89. The van der Waals surface area contributed by atoms with Crippen molar-refractivity contribution in [2.24, 2.45) is 5.92 Å². The number of nitrogens with one attached hydrogen (secondary N) is 1. The van der Waals surface area contributed by atoms with Crippen LogP contribution in [0, 0.1) is 5.92 Å². The van der Waals surface area contributed by atoms with Crippen LogP contribution in [0.3, 0.4) is 0 Å². The predicted octanol–water partition coefficient (Wildman–Crippen LogP) is 3.97. The van der Waals surface area contributed by atoms with Gasteiger partial charge in [0.05, 0.1) is 5.56 Å². The first-order valence-corrected chi connectivity index (χ1v) is 6.59. The molecule has 0 aromatic heterocycles. The molecule has 3 nitrogen and oxygen atoms in total. The van der Waals surface area contributed by atoms with Crippen LogP contribution in [0.5, 0.6) is 0 Å². The Morgan fingerprint density at radius 2 is 2.15 bits per heavy atom. The van der Waals surface area contributed by atoms with Crippen molar-refractivity contribution in [3.8, 4) is 0 Å². The molecule has 6 heteroatoms. The van der Waals surface area contributed by atoms with Crippen LogP contribution in [0.15, 0.2) is 24.3 Å². The van der Waals surface area contributed by atoms with Gasteiger partial charge in [-0.15, -0.1) is 0 Å². The standard InChI is InChI=1S/C14H17F3N2O/c1-10-4-3-7-19(9-10)13(20)18-12-6-2-5-11(8-12)14(15,16)17/h2,5-6,8,10H,3-4,7,9H2,1H3,(H,18,20)/t10-/m0/s1. The summed E-state index contributed by atoms with van der Waals surface area (Å²) in [6, 6.07) is 4.35. The van der Waals surface area contributed by atoms with E-state index < -0.39 is 11.7 Å². The molecule has 20 heavy (non-hydrogen) atoms. The number of anilines is 1. The monoisotopic (exact) mass is 286 g/mol. The van der Waals surface area contributed by atoms with E-state index >= 15 is 0 Å². The maximum absolute atomic E-state index is 12.6. The number of rotatable bonds is 1. The second-order valence-corrected chi connectivity index (χ2v) is 5.20. The first kappa shape index (κ1) is 14.7. The van der Waals surface area contributed by atoms with Gasteiger partial charge >= 0.3 is 12.2 Å². The molecule has 1 aliphatic rings. The summed E-state index contributed by atoms with van der Waals surface area (Å²) >= 11 is 0. The van der Waals surface area contributed by atoms with Crippen LogP contribution in [0.25, 0.3) is 0 Å². The SMILES string of the molecule is C[C@H]1CCCN(C(=O)Nc2cccc(C(F)(F)F)c2)C1. The normalized spacial score (nSPS) is 19.8. The molecule has 1 atom stereocenters. The lowest BCUT2D eigenvalue weighted by molar-refractivity contribution is -0.137. The van der Waals surface area contributed by atoms with E-state index in [-0.39, 0.29) is 11.7 Å². The third-order valence-electron chi connectivity index (χ3n) is 3.39. The Bertz CT molecular complexity index is 488. The Morgan fingerprint density at radius 1 is 1.40 bits per heavy atom. The van der Waals surface area contributed by atoms with Gasteiger partial charge in [-0.1, -0.05) is 13.0 Å². The van der Waals surface area contributed by atoms with Gasteiger partial charge in [0.2, 0.25) is 0 Å². The Kier molecular flexibility index (Phi) is 4.20. The number of hydrogen-bond acceptors (Lipinski definition) is 1. The number of benzene rings is 1. The quantitative estimate of drug-likeness (QED) is 0.832. The molecule has 1 aromatic rings. The van der Waals surface area contributed by atoms with E-state index in [2.05, 4.69) is 12.2 Å². The average molecular weight is 286 g/mol. The summed E-state index contributed by atoms with van der Waals surface area (Å²) in [5.41, 5.74) is -0.592. The van der Waals surface area contributed by atoms with Crippen LogP contribution in [0.2, 0.25) is 0 Å². The largest absolute Gasteiger partial charge is 0.416 e. The second-order valence-electron chi connectivity index (χ2n) is 5.20. The summed E-state index contributed by atoms with van der Waals surface area (Å²) in [5.74, 6) is 0.427. The molecule has 1 aromatic carbocycles. The molecule has 1 heterocycles. The summed E-state index contributed by atoms with van der Waals surface area (Å²) in [5, 5.41) is 2.53. The van der Waals surface area contributed by atoms with Crippen molar-refractivity contribution in [3.05, 3.63) is 29.8 Å². The first-order valence-electron chi connectivity index (χ1n) is 6.59. The minimum Gasteiger partial charge on any atom is -0.324 e. The molecule has 0 saturated carbocycles. The fourth-order valence-corrected chi connectivity index (χ4v) is 2.35. The third kappa shape index (κ3) is 3.65. The fraction of sp³-hybridized carbons (Fsp3) is 0.500. The van der Waals surface area contributed by atoms with Gasteiger partial charge in [-0.05, 0) is 37.0 Å². The molecule has 0 aliphatic carbocycles. The van der Waals surface area contributed by atoms with E-state index in [4.69, 9.17) is 0 Å².